The lowest BCUT2D eigenvalue weighted by atomic mass is 10.1. The van der Waals surface area contributed by atoms with Gasteiger partial charge in [0.2, 0.25) is 0 Å². The smallest absolute Gasteiger partial charge is 0.125 e. The van der Waals surface area contributed by atoms with E-state index in [2.05, 4.69) is 148 Å². The molecule has 6 aromatic heterocycles. The molecule has 52 heavy (non-hydrogen) atoms. The Labute approximate surface area is 303 Å². The van der Waals surface area contributed by atoms with E-state index < -0.39 is 0 Å². The number of hydrogen-bond acceptors (Lipinski definition) is 7. The minimum atomic E-state index is 0.885. The maximum Gasteiger partial charge on any atom is 0.125 e. The van der Waals surface area contributed by atoms with Crippen LogP contribution in [0.3, 0.4) is 0 Å². The number of aromatic nitrogens is 5. The normalized spacial score (nSPS) is 11.5. The van der Waals surface area contributed by atoms with Crippen LogP contribution in [0.25, 0.3) is 75.9 Å². The summed E-state index contributed by atoms with van der Waals surface area (Å²) in [6.45, 7) is 0. The van der Waals surface area contributed by atoms with Gasteiger partial charge < -0.3 is 4.90 Å². The molecular weight excluding hydrogens is 657 g/mol. The van der Waals surface area contributed by atoms with Crippen molar-refractivity contribution in [1.29, 1.82) is 0 Å². The number of benzene rings is 4. The zero-order valence-electron chi connectivity index (χ0n) is 27.8. The van der Waals surface area contributed by atoms with Gasteiger partial charge in [0.25, 0.3) is 0 Å². The summed E-state index contributed by atoms with van der Waals surface area (Å²) in [5.41, 5.74) is 10.8. The summed E-state index contributed by atoms with van der Waals surface area (Å²) < 4.78 is 1.26. The Morgan fingerprint density at radius 2 is 0.942 bits per heavy atom. The van der Waals surface area contributed by atoms with Crippen LogP contribution in [0.15, 0.2) is 170 Å². The molecule has 0 aliphatic rings. The topological polar surface area (TPSA) is 67.7 Å². The molecular formula is C45H28N6S. The van der Waals surface area contributed by atoms with Gasteiger partial charge in [-0.15, -0.1) is 11.3 Å². The van der Waals surface area contributed by atoms with E-state index in [9.17, 15) is 0 Å². The molecule has 0 bridgehead atoms. The predicted octanol–water partition coefficient (Wildman–Crippen LogP) is 11.8. The highest BCUT2D eigenvalue weighted by atomic mass is 32.1. The lowest BCUT2D eigenvalue weighted by Gasteiger charge is -2.26. The minimum absolute atomic E-state index is 0.885. The van der Waals surface area contributed by atoms with Crippen LogP contribution in [0.5, 0.6) is 0 Å². The lowest BCUT2D eigenvalue weighted by molar-refractivity contribution is 1.27. The number of thiophene rings is 1. The molecule has 0 saturated heterocycles. The summed E-state index contributed by atoms with van der Waals surface area (Å²) in [6.07, 6.45) is 7.26. The summed E-state index contributed by atoms with van der Waals surface area (Å²) in [6, 6.07) is 50.8. The summed E-state index contributed by atoms with van der Waals surface area (Å²) in [5.74, 6) is 0. The molecule has 6 heterocycles. The summed E-state index contributed by atoms with van der Waals surface area (Å²) in [4.78, 5) is 26.7. The van der Waals surface area contributed by atoms with Gasteiger partial charge in [-0.3, -0.25) is 19.9 Å². The van der Waals surface area contributed by atoms with Gasteiger partial charge in [-0.25, -0.2) is 4.98 Å². The zero-order chi connectivity index (χ0) is 34.4. The quantitative estimate of drug-likeness (QED) is 0.174. The van der Waals surface area contributed by atoms with Crippen LogP contribution in [-0.4, -0.2) is 24.9 Å². The number of rotatable bonds is 6. The molecule has 0 amide bonds. The van der Waals surface area contributed by atoms with E-state index in [1.54, 1.807) is 23.7 Å². The number of nitrogens with zero attached hydrogens (tertiary/aromatic N) is 6. The van der Waals surface area contributed by atoms with Crippen LogP contribution in [0.1, 0.15) is 0 Å². The second-order valence-electron chi connectivity index (χ2n) is 12.7. The van der Waals surface area contributed by atoms with Gasteiger partial charge in [0.15, 0.2) is 0 Å². The van der Waals surface area contributed by atoms with Gasteiger partial charge in [0.05, 0.1) is 40.5 Å². The van der Waals surface area contributed by atoms with E-state index in [4.69, 9.17) is 15.0 Å². The van der Waals surface area contributed by atoms with Gasteiger partial charge >= 0.3 is 0 Å². The fraction of sp³-hybridized carbons (Fsp3) is 0. The first kappa shape index (κ1) is 30.0. The van der Waals surface area contributed by atoms with E-state index in [1.807, 2.05) is 24.5 Å². The Hall–Kier alpha value is -6.83. The van der Waals surface area contributed by atoms with Gasteiger partial charge in [-0.05, 0) is 78.9 Å². The fourth-order valence-electron chi connectivity index (χ4n) is 6.82. The molecule has 0 aliphatic carbocycles. The molecule has 0 aliphatic heterocycles. The van der Waals surface area contributed by atoms with Crippen molar-refractivity contribution >= 4 is 70.5 Å². The van der Waals surface area contributed by atoms with Crippen molar-refractivity contribution in [3.63, 3.8) is 0 Å². The maximum absolute atomic E-state index is 5.07. The molecule has 0 fully saturated rings. The number of hydrogen-bond donors (Lipinski definition) is 0. The van der Waals surface area contributed by atoms with Crippen LogP contribution < -0.4 is 4.90 Å². The van der Waals surface area contributed by atoms with Crippen LogP contribution >= 0.6 is 11.3 Å². The third-order valence-electron chi connectivity index (χ3n) is 9.49. The van der Waals surface area contributed by atoms with Crippen LogP contribution in [-0.2, 0) is 0 Å². The van der Waals surface area contributed by atoms with Crippen LogP contribution in [0.2, 0.25) is 0 Å². The highest BCUT2D eigenvalue weighted by Gasteiger charge is 2.15. The fourth-order valence-corrected chi connectivity index (χ4v) is 7.90. The molecule has 0 unspecified atom stereocenters. The summed E-state index contributed by atoms with van der Waals surface area (Å²) in [7, 11) is 0. The minimum Gasteiger partial charge on any atom is -0.311 e. The number of anilines is 3. The standard InChI is InChI=1S/C45H28N6S/c1-2-8-44-37(7-1)38-21-22-39(50-45(38)52-44)29-9-15-34(16-10-29)51(35-17-11-30(12-18-35)40-25-32-5-3-23-46-42(32)27-48-40)36-19-13-31(14-20-36)41-26-33-6-4-24-47-43(33)28-49-41/h1-28H. The Morgan fingerprint density at radius 3 is 1.50 bits per heavy atom. The SMILES string of the molecule is c1cnc2cnc(-c3ccc(N(c4ccc(-c5cc6cccnc6cn5)cc4)c4ccc(-c5ccc6c(n5)sc5ccccc56)cc4)cc3)cc2c1. The van der Waals surface area contributed by atoms with Crippen molar-refractivity contribution in [3.05, 3.63) is 170 Å². The Kier molecular flexibility index (Phi) is 7.22. The van der Waals surface area contributed by atoms with E-state index in [1.165, 1.54) is 15.5 Å². The van der Waals surface area contributed by atoms with E-state index >= 15 is 0 Å². The Morgan fingerprint density at radius 1 is 0.423 bits per heavy atom. The monoisotopic (exact) mass is 684 g/mol. The van der Waals surface area contributed by atoms with Crippen molar-refractivity contribution in [2.75, 3.05) is 4.90 Å². The van der Waals surface area contributed by atoms with Gasteiger partial charge in [-0.2, -0.15) is 0 Å². The van der Waals surface area contributed by atoms with Crippen molar-refractivity contribution < 1.29 is 0 Å². The molecule has 0 saturated carbocycles. The Bertz CT molecular complexity index is 2780. The molecule has 0 radical (unpaired) electrons. The maximum atomic E-state index is 5.07. The van der Waals surface area contributed by atoms with Gasteiger partial charge in [-0.1, -0.05) is 66.7 Å². The lowest BCUT2D eigenvalue weighted by Crippen LogP contribution is -2.09. The molecule has 0 atom stereocenters. The molecule has 10 rings (SSSR count). The highest BCUT2D eigenvalue weighted by molar-refractivity contribution is 7.25. The Balaban J connectivity index is 1.02. The molecule has 6 nitrogen and oxygen atoms in total. The average Bonchev–Trinajstić information content (AvgIpc) is 3.59. The average molecular weight is 685 g/mol. The molecule has 4 aromatic carbocycles. The van der Waals surface area contributed by atoms with Crippen molar-refractivity contribution in [3.8, 4) is 33.8 Å². The third-order valence-corrected chi connectivity index (χ3v) is 10.6. The van der Waals surface area contributed by atoms with Gasteiger partial charge in [0, 0.05) is 72.4 Å². The van der Waals surface area contributed by atoms with Crippen LogP contribution in [0, 0.1) is 0 Å². The largest absolute Gasteiger partial charge is 0.311 e. The van der Waals surface area contributed by atoms with E-state index in [0.717, 1.165) is 77.5 Å². The first-order valence-electron chi connectivity index (χ1n) is 17.0. The van der Waals surface area contributed by atoms with Crippen LogP contribution in [0.4, 0.5) is 17.1 Å². The van der Waals surface area contributed by atoms with Crippen molar-refractivity contribution in [1.82, 2.24) is 24.9 Å². The zero-order valence-corrected chi connectivity index (χ0v) is 28.6. The molecule has 244 valence electrons. The summed E-state index contributed by atoms with van der Waals surface area (Å²) >= 11 is 1.74. The molecule has 10 aromatic rings. The van der Waals surface area contributed by atoms with Gasteiger partial charge in [0.1, 0.15) is 4.83 Å². The molecule has 0 spiro atoms. The number of fused-ring (bicyclic) bond motifs is 5. The van der Waals surface area contributed by atoms with Crippen molar-refractivity contribution in [2.24, 2.45) is 0 Å². The van der Waals surface area contributed by atoms with E-state index in [-0.39, 0.29) is 0 Å². The predicted molar refractivity (Wildman–Crippen MR) is 214 cm³/mol. The van der Waals surface area contributed by atoms with Crippen molar-refractivity contribution in [2.45, 2.75) is 0 Å². The highest BCUT2D eigenvalue weighted by Crippen LogP contribution is 2.39. The molecule has 7 heteroatoms. The second-order valence-corrected chi connectivity index (χ2v) is 13.7. The first-order valence-corrected chi connectivity index (χ1v) is 17.9. The third kappa shape index (κ3) is 5.41. The number of pyridine rings is 5. The first-order chi connectivity index (χ1) is 25.7. The van der Waals surface area contributed by atoms with E-state index in [0.29, 0.717) is 0 Å². The summed E-state index contributed by atoms with van der Waals surface area (Å²) in [5, 5.41) is 4.59. The molecule has 0 N–H and O–H groups in total. The second kappa shape index (κ2) is 12.5.